The number of nitrogens with one attached hydrogen (secondary N) is 1. The molecule has 0 saturated heterocycles. The number of nitrogens with two attached hydrogens (primary N) is 1. The van der Waals surface area contributed by atoms with Gasteiger partial charge in [0, 0.05) is 5.38 Å². The number of carboxylic acids is 1. The largest absolute Gasteiger partial charge is 0.476 e. The smallest absolute Gasteiger partial charge is 0.355 e. The van der Waals surface area contributed by atoms with E-state index in [0.29, 0.717) is 17.8 Å². The molecular formula is C10H13N3O3S. The molecule has 1 aromatic rings. The van der Waals surface area contributed by atoms with Crippen LogP contribution in [0.2, 0.25) is 0 Å². The first-order chi connectivity index (χ1) is 7.92. The summed E-state index contributed by atoms with van der Waals surface area (Å²) in [4.78, 5) is 26.3. The molecule has 1 heterocycles. The van der Waals surface area contributed by atoms with Crippen LogP contribution in [0, 0.1) is 0 Å². The van der Waals surface area contributed by atoms with Gasteiger partial charge in [-0.15, -0.1) is 11.3 Å². The molecule has 1 saturated carbocycles. The SMILES string of the molecule is CC(NC(=O)C1(N)CC1)c1nc(C(=O)O)cs1. The van der Waals surface area contributed by atoms with Crippen LogP contribution in [0.4, 0.5) is 0 Å². The normalized spacial score (nSPS) is 18.5. The van der Waals surface area contributed by atoms with Gasteiger partial charge in [0.25, 0.3) is 0 Å². The van der Waals surface area contributed by atoms with Crippen molar-refractivity contribution in [1.82, 2.24) is 10.3 Å². The van der Waals surface area contributed by atoms with E-state index in [0.717, 1.165) is 0 Å². The molecule has 0 bridgehead atoms. The summed E-state index contributed by atoms with van der Waals surface area (Å²) in [6.45, 7) is 1.76. The Morgan fingerprint density at radius 3 is 2.76 bits per heavy atom. The van der Waals surface area contributed by atoms with Gasteiger partial charge in [-0.1, -0.05) is 0 Å². The number of hydrogen-bond acceptors (Lipinski definition) is 5. The molecule has 2 rings (SSSR count). The summed E-state index contributed by atoms with van der Waals surface area (Å²) in [7, 11) is 0. The molecule has 0 radical (unpaired) electrons. The highest BCUT2D eigenvalue weighted by Crippen LogP contribution is 2.33. The number of carbonyl (C=O) groups excluding carboxylic acids is 1. The highest BCUT2D eigenvalue weighted by molar-refractivity contribution is 7.09. The van der Waals surface area contributed by atoms with Gasteiger partial charge in [-0.05, 0) is 19.8 Å². The maximum absolute atomic E-state index is 11.7. The van der Waals surface area contributed by atoms with E-state index in [-0.39, 0.29) is 17.6 Å². The highest BCUT2D eigenvalue weighted by Gasteiger charge is 2.46. The molecule has 1 amide bonds. The van der Waals surface area contributed by atoms with Crippen molar-refractivity contribution in [2.75, 3.05) is 0 Å². The van der Waals surface area contributed by atoms with E-state index < -0.39 is 11.5 Å². The Labute approximate surface area is 102 Å². The number of carboxylic acid groups (broad SMARTS) is 1. The van der Waals surface area contributed by atoms with Gasteiger partial charge in [-0.2, -0.15) is 0 Å². The van der Waals surface area contributed by atoms with E-state index >= 15 is 0 Å². The van der Waals surface area contributed by atoms with E-state index in [4.69, 9.17) is 10.8 Å². The summed E-state index contributed by atoms with van der Waals surface area (Å²) < 4.78 is 0. The summed E-state index contributed by atoms with van der Waals surface area (Å²) in [6.07, 6.45) is 1.40. The number of amides is 1. The minimum atomic E-state index is -1.07. The minimum Gasteiger partial charge on any atom is -0.476 e. The van der Waals surface area contributed by atoms with Crippen LogP contribution in [-0.2, 0) is 4.79 Å². The van der Waals surface area contributed by atoms with Crippen LogP contribution in [-0.4, -0.2) is 27.5 Å². The summed E-state index contributed by atoms with van der Waals surface area (Å²) in [5, 5.41) is 13.5. The minimum absolute atomic E-state index is 0.0000161. The van der Waals surface area contributed by atoms with Crippen molar-refractivity contribution in [2.24, 2.45) is 5.73 Å². The van der Waals surface area contributed by atoms with Crippen molar-refractivity contribution in [1.29, 1.82) is 0 Å². The van der Waals surface area contributed by atoms with E-state index in [9.17, 15) is 9.59 Å². The maximum Gasteiger partial charge on any atom is 0.355 e. The van der Waals surface area contributed by atoms with Crippen molar-refractivity contribution >= 4 is 23.2 Å². The summed E-state index contributed by atoms with van der Waals surface area (Å²) in [5.41, 5.74) is 5.03. The topological polar surface area (TPSA) is 105 Å². The number of aromatic carboxylic acids is 1. The zero-order valence-electron chi connectivity index (χ0n) is 9.27. The summed E-state index contributed by atoms with van der Waals surface area (Å²) >= 11 is 1.21. The number of thiazole rings is 1. The molecule has 6 nitrogen and oxygen atoms in total. The lowest BCUT2D eigenvalue weighted by atomic mass is 10.2. The number of hydrogen-bond donors (Lipinski definition) is 3. The Balaban J connectivity index is 2.01. The lowest BCUT2D eigenvalue weighted by Crippen LogP contribution is -2.43. The van der Waals surface area contributed by atoms with Gasteiger partial charge < -0.3 is 16.2 Å². The van der Waals surface area contributed by atoms with Gasteiger partial charge in [-0.25, -0.2) is 9.78 Å². The second-order valence-corrected chi connectivity index (χ2v) is 5.12. The van der Waals surface area contributed by atoms with Crippen LogP contribution in [0.3, 0.4) is 0 Å². The highest BCUT2D eigenvalue weighted by atomic mass is 32.1. The fourth-order valence-electron chi connectivity index (χ4n) is 1.35. The fraction of sp³-hybridized carbons (Fsp3) is 0.500. The quantitative estimate of drug-likeness (QED) is 0.727. The standard InChI is InChI=1S/C10H13N3O3S/c1-5(12-9(16)10(11)2-3-10)7-13-6(4-17-7)8(14)15/h4-5H,2-3,11H2,1H3,(H,12,16)(H,14,15). The molecule has 1 aliphatic rings. The van der Waals surface area contributed by atoms with Crippen LogP contribution in [0.1, 0.15) is 41.3 Å². The molecule has 1 aliphatic carbocycles. The Hall–Kier alpha value is -1.47. The molecule has 0 aromatic carbocycles. The molecule has 0 spiro atoms. The van der Waals surface area contributed by atoms with Crippen LogP contribution < -0.4 is 11.1 Å². The number of aromatic nitrogens is 1. The number of carbonyl (C=O) groups is 2. The third-order valence-corrected chi connectivity index (χ3v) is 3.73. The number of rotatable bonds is 4. The van der Waals surface area contributed by atoms with Gasteiger partial charge in [-0.3, -0.25) is 4.79 Å². The average Bonchev–Trinajstić information content (AvgIpc) is 2.83. The molecule has 92 valence electrons. The van der Waals surface area contributed by atoms with Crippen LogP contribution in [0.25, 0.3) is 0 Å². The molecular weight excluding hydrogens is 242 g/mol. The van der Waals surface area contributed by atoms with Gasteiger partial charge in [0.1, 0.15) is 5.01 Å². The molecule has 1 unspecified atom stereocenters. The van der Waals surface area contributed by atoms with Crippen LogP contribution >= 0.6 is 11.3 Å². The van der Waals surface area contributed by atoms with Crippen molar-refractivity contribution in [2.45, 2.75) is 31.3 Å². The van der Waals surface area contributed by atoms with Crippen molar-refractivity contribution in [3.8, 4) is 0 Å². The fourth-order valence-corrected chi connectivity index (χ4v) is 2.15. The molecule has 1 atom stereocenters. The molecule has 1 fully saturated rings. The summed E-state index contributed by atoms with van der Waals surface area (Å²) in [6, 6.07) is -0.318. The lowest BCUT2D eigenvalue weighted by molar-refractivity contribution is -0.123. The van der Waals surface area contributed by atoms with E-state index in [2.05, 4.69) is 10.3 Å². The maximum atomic E-state index is 11.7. The first-order valence-electron chi connectivity index (χ1n) is 5.21. The second kappa shape index (κ2) is 4.08. The zero-order valence-corrected chi connectivity index (χ0v) is 10.1. The molecule has 17 heavy (non-hydrogen) atoms. The van der Waals surface area contributed by atoms with Crippen LogP contribution in [0.15, 0.2) is 5.38 Å². The zero-order chi connectivity index (χ0) is 12.6. The van der Waals surface area contributed by atoms with E-state index in [1.807, 2.05) is 0 Å². The van der Waals surface area contributed by atoms with Gasteiger partial charge in [0.15, 0.2) is 5.69 Å². The third kappa shape index (κ3) is 2.45. The Bertz CT molecular complexity index is 467. The summed E-state index contributed by atoms with van der Waals surface area (Å²) in [5.74, 6) is -1.26. The van der Waals surface area contributed by atoms with Gasteiger partial charge in [0.05, 0.1) is 11.6 Å². The third-order valence-electron chi connectivity index (χ3n) is 2.70. The van der Waals surface area contributed by atoms with Crippen molar-refractivity contribution in [3.63, 3.8) is 0 Å². The Morgan fingerprint density at radius 2 is 2.29 bits per heavy atom. The van der Waals surface area contributed by atoms with E-state index in [1.165, 1.54) is 16.7 Å². The van der Waals surface area contributed by atoms with Crippen molar-refractivity contribution in [3.05, 3.63) is 16.1 Å². The number of nitrogens with zero attached hydrogens (tertiary/aromatic N) is 1. The Morgan fingerprint density at radius 1 is 1.65 bits per heavy atom. The molecule has 4 N–H and O–H groups in total. The lowest BCUT2D eigenvalue weighted by Gasteiger charge is -2.14. The predicted molar refractivity (Wildman–Crippen MR) is 61.8 cm³/mol. The van der Waals surface area contributed by atoms with Crippen LogP contribution in [0.5, 0.6) is 0 Å². The first kappa shape index (κ1) is 12.0. The predicted octanol–water partition coefficient (Wildman–Crippen LogP) is 0.510. The van der Waals surface area contributed by atoms with Gasteiger partial charge >= 0.3 is 5.97 Å². The monoisotopic (exact) mass is 255 g/mol. The second-order valence-electron chi connectivity index (χ2n) is 4.23. The average molecular weight is 255 g/mol. The van der Waals surface area contributed by atoms with E-state index in [1.54, 1.807) is 6.92 Å². The van der Waals surface area contributed by atoms with Crippen molar-refractivity contribution < 1.29 is 14.7 Å². The first-order valence-corrected chi connectivity index (χ1v) is 6.09. The Kier molecular flexibility index (Phi) is 2.88. The molecule has 0 aliphatic heterocycles. The van der Waals surface area contributed by atoms with Gasteiger partial charge in [0.2, 0.25) is 5.91 Å². The molecule has 7 heteroatoms. The molecule has 1 aromatic heterocycles.